The van der Waals surface area contributed by atoms with Gasteiger partial charge in [-0.15, -0.1) is 0 Å². The number of nitrogens with zero attached hydrogens (tertiary/aromatic N) is 1. The summed E-state index contributed by atoms with van der Waals surface area (Å²) in [7, 11) is 0. The van der Waals surface area contributed by atoms with Gasteiger partial charge in [-0.1, -0.05) is 61.9 Å². The van der Waals surface area contributed by atoms with Crippen molar-refractivity contribution in [3.05, 3.63) is 59.3 Å². The molecule has 3 aliphatic rings. The number of nitrogens with one attached hydrogen (secondary N) is 1. The van der Waals surface area contributed by atoms with Crippen LogP contribution in [0.3, 0.4) is 0 Å². The molecule has 2 aliphatic heterocycles. The number of anilines is 1. The van der Waals surface area contributed by atoms with Crippen LogP contribution in [0.15, 0.2) is 48.2 Å². The smallest absolute Gasteiger partial charge is 0.278 e. The zero-order valence-corrected chi connectivity index (χ0v) is 18.4. The summed E-state index contributed by atoms with van der Waals surface area (Å²) >= 11 is 0. The second-order valence-electron chi connectivity index (χ2n) is 8.79. The summed E-state index contributed by atoms with van der Waals surface area (Å²) < 4.78 is 10.9. The van der Waals surface area contributed by atoms with Crippen LogP contribution in [0.1, 0.15) is 56.1 Å². The SMILES string of the molecule is Cc1ccc(C2=C(Nc3ccc4c(c3)OCO4)C(=O)N(C3CCCCCCC3)C2=O)cc1. The average molecular weight is 433 g/mol. The topological polar surface area (TPSA) is 67.9 Å². The van der Waals surface area contributed by atoms with Crippen molar-refractivity contribution in [2.45, 2.75) is 57.9 Å². The molecule has 6 heteroatoms. The molecule has 166 valence electrons. The van der Waals surface area contributed by atoms with Gasteiger partial charge in [-0.2, -0.15) is 0 Å². The number of aryl methyl sites for hydroxylation is 1. The van der Waals surface area contributed by atoms with E-state index >= 15 is 0 Å². The van der Waals surface area contributed by atoms with Gasteiger partial charge in [-0.3, -0.25) is 14.5 Å². The number of benzene rings is 2. The molecule has 2 amide bonds. The number of imide groups is 1. The van der Waals surface area contributed by atoms with E-state index in [1.165, 1.54) is 11.3 Å². The first-order valence-electron chi connectivity index (χ1n) is 11.5. The van der Waals surface area contributed by atoms with Crippen molar-refractivity contribution < 1.29 is 19.1 Å². The highest BCUT2D eigenvalue weighted by Gasteiger charge is 2.42. The van der Waals surface area contributed by atoms with Crippen molar-refractivity contribution in [1.82, 2.24) is 4.90 Å². The fourth-order valence-electron chi connectivity index (χ4n) is 4.79. The molecule has 2 aromatic carbocycles. The molecule has 1 aliphatic carbocycles. The first-order valence-corrected chi connectivity index (χ1v) is 11.5. The molecule has 0 spiro atoms. The number of fused-ring (bicyclic) bond motifs is 1. The molecule has 2 heterocycles. The third-order valence-electron chi connectivity index (χ3n) is 6.54. The highest BCUT2D eigenvalue weighted by molar-refractivity contribution is 6.36. The second kappa shape index (κ2) is 8.69. The van der Waals surface area contributed by atoms with Crippen LogP contribution in [0.25, 0.3) is 5.57 Å². The maximum Gasteiger partial charge on any atom is 0.278 e. The third kappa shape index (κ3) is 3.85. The summed E-state index contributed by atoms with van der Waals surface area (Å²) in [6.45, 7) is 2.19. The van der Waals surface area contributed by atoms with E-state index in [0.29, 0.717) is 28.5 Å². The van der Waals surface area contributed by atoms with Crippen molar-refractivity contribution in [1.29, 1.82) is 0 Å². The lowest BCUT2D eigenvalue weighted by Gasteiger charge is -2.28. The van der Waals surface area contributed by atoms with E-state index in [-0.39, 0.29) is 24.6 Å². The molecule has 0 unspecified atom stereocenters. The highest BCUT2D eigenvalue weighted by Crippen LogP contribution is 2.38. The van der Waals surface area contributed by atoms with Crippen LogP contribution in [0.2, 0.25) is 0 Å². The number of carbonyl (C=O) groups is 2. The lowest BCUT2D eigenvalue weighted by molar-refractivity contribution is -0.140. The highest BCUT2D eigenvalue weighted by atomic mass is 16.7. The molecule has 5 rings (SSSR count). The fraction of sp³-hybridized carbons (Fsp3) is 0.385. The van der Waals surface area contributed by atoms with E-state index in [9.17, 15) is 9.59 Å². The van der Waals surface area contributed by atoms with Gasteiger partial charge in [0, 0.05) is 17.8 Å². The zero-order chi connectivity index (χ0) is 22.1. The molecule has 1 saturated carbocycles. The molecular formula is C26H28N2O4. The molecule has 0 radical (unpaired) electrons. The summed E-state index contributed by atoms with van der Waals surface area (Å²) in [5.74, 6) is 0.857. The molecule has 6 nitrogen and oxygen atoms in total. The lowest BCUT2D eigenvalue weighted by atomic mass is 9.95. The van der Waals surface area contributed by atoms with Crippen LogP contribution in [-0.2, 0) is 9.59 Å². The van der Waals surface area contributed by atoms with Crippen LogP contribution < -0.4 is 14.8 Å². The second-order valence-corrected chi connectivity index (χ2v) is 8.79. The van der Waals surface area contributed by atoms with Gasteiger partial charge in [0.05, 0.1) is 5.57 Å². The van der Waals surface area contributed by atoms with Gasteiger partial charge in [-0.05, 0) is 37.5 Å². The molecule has 0 aromatic heterocycles. The molecule has 32 heavy (non-hydrogen) atoms. The molecule has 0 bridgehead atoms. The van der Waals surface area contributed by atoms with Gasteiger partial charge in [-0.25, -0.2) is 0 Å². The quantitative estimate of drug-likeness (QED) is 0.687. The Hall–Kier alpha value is -3.28. The van der Waals surface area contributed by atoms with Crippen LogP contribution in [0, 0.1) is 6.92 Å². The fourth-order valence-corrected chi connectivity index (χ4v) is 4.79. The maximum absolute atomic E-state index is 13.6. The minimum absolute atomic E-state index is 0.0493. The summed E-state index contributed by atoms with van der Waals surface area (Å²) in [6, 6.07) is 13.2. The number of hydrogen-bond acceptors (Lipinski definition) is 5. The third-order valence-corrected chi connectivity index (χ3v) is 6.54. The number of ether oxygens (including phenoxy) is 2. The van der Waals surface area contributed by atoms with Crippen molar-refractivity contribution in [3.63, 3.8) is 0 Å². The number of amides is 2. The van der Waals surface area contributed by atoms with Crippen LogP contribution in [0.5, 0.6) is 11.5 Å². The van der Waals surface area contributed by atoms with E-state index in [2.05, 4.69) is 5.32 Å². The summed E-state index contributed by atoms with van der Waals surface area (Å²) in [5, 5.41) is 3.24. The number of rotatable bonds is 4. The van der Waals surface area contributed by atoms with Crippen molar-refractivity contribution in [3.8, 4) is 11.5 Å². The van der Waals surface area contributed by atoms with Crippen molar-refractivity contribution >= 4 is 23.1 Å². The summed E-state index contributed by atoms with van der Waals surface area (Å²) in [5.41, 5.74) is 3.32. The van der Waals surface area contributed by atoms with E-state index in [0.717, 1.165) is 49.7 Å². The van der Waals surface area contributed by atoms with Gasteiger partial charge >= 0.3 is 0 Å². The Balaban J connectivity index is 1.51. The Morgan fingerprint density at radius 1 is 0.844 bits per heavy atom. The van der Waals surface area contributed by atoms with Gasteiger partial charge in [0.15, 0.2) is 11.5 Å². The number of carbonyl (C=O) groups excluding carboxylic acids is 2. The summed E-state index contributed by atoms with van der Waals surface area (Å²) in [4.78, 5) is 28.8. The Morgan fingerprint density at radius 3 is 2.28 bits per heavy atom. The predicted octanol–water partition coefficient (Wildman–Crippen LogP) is 5.03. The minimum Gasteiger partial charge on any atom is -0.454 e. The Bertz CT molecular complexity index is 1070. The van der Waals surface area contributed by atoms with Gasteiger partial charge in [0.1, 0.15) is 5.70 Å². The van der Waals surface area contributed by atoms with Gasteiger partial charge in [0.2, 0.25) is 6.79 Å². The Kier molecular flexibility index (Phi) is 5.60. The molecule has 0 saturated heterocycles. The van der Waals surface area contributed by atoms with Gasteiger partial charge < -0.3 is 14.8 Å². The molecule has 0 atom stereocenters. The van der Waals surface area contributed by atoms with Gasteiger partial charge in [0.25, 0.3) is 11.8 Å². The standard InChI is InChI=1S/C26H28N2O4/c1-17-9-11-18(12-10-17)23-24(27-19-13-14-21-22(15-19)32-16-31-21)26(30)28(25(23)29)20-7-5-3-2-4-6-8-20/h9-15,20,27H,2-8,16H2,1H3. The van der Waals surface area contributed by atoms with Crippen molar-refractivity contribution in [2.24, 2.45) is 0 Å². The minimum atomic E-state index is -0.242. The molecule has 2 aromatic rings. The first kappa shape index (κ1) is 20.6. The zero-order valence-electron chi connectivity index (χ0n) is 18.4. The van der Waals surface area contributed by atoms with E-state index in [4.69, 9.17) is 9.47 Å². The first-order chi connectivity index (χ1) is 15.6. The lowest BCUT2D eigenvalue weighted by Crippen LogP contribution is -2.42. The largest absolute Gasteiger partial charge is 0.454 e. The van der Waals surface area contributed by atoms with Crippen LogP contribution in [0.4, 0.5) is 5.69 Å². The van der Waals surface area contributed by atoms with Crippen molar-refractivity contribution in [2.75, 3.05) is 12.1 Å². The normalized spacial score (nSPS) is 19.3. The Morgan fingerprint density at radius 2 is 1.53 bits per heavy atom. The molecule has 1 fully saturated rings. The maximum atomic E-state index is 13.6. The Labute approximate surface area is 188 Å². The summed E-state index contributed by atoms with van der Waals surface area (Å²) in [6.07, 6.45) is 7.39. The predicted molar refractivity (Wildman–Crippen MR) is 122 cm³/mol. The average Bonchev–Trinajstić information content (AvgIpc) is 3.32. The molecule has 1 N–H and O–H groups in total. The van der Waals surface area contributed by atoms with E-state index in [1.807, 2.05) is 43.3 Å². The van der Waals surface area contributed by atoms with Crippen LogP contribution in [-0.4, -0.2) is 29.5 Å². The van der Waals surface area contributed by atoms with E-state index < -0.39 is 0 Å². The monoisotopic (exact) mass is 432 g/mol. The number of hydrogen-bond donors (Lipinski definition) is 1. The van der Waals surface area contributed by atoms with E-state index in [1.54, 1.807) is 6.07 Å². The van der Waals surface area contributed by atoms with Crippen LogP contribution >= 0.6 is 0 Å². The molecular weight excluding hydrogens is 404 g/mol.